The molecule has 32 heavy (non-hydrogen) atoms. The summed E-state index contributed by atoms with van der Waals surface area (Å²) in [5, 5.41) is 5.84. The van der Waals surface area contributed by atoms with Crippen molar-refractivity contribution in [1.82, 2.24) is 14.9 Å². The van der Waals surface area contributed by atoms with Gasteiger partial charge in [0.05, 0.1) is 5.56 Å². The molecule has 1 aliphatic heterocycles. The van der Waals surface area contributed by atoms with Gasteiger partial charge in [-0.2, -0.15) is 0 Å². The number of hydrogen-bond donors (Lipinski definition) is 2. The molecule has 2 aromatic carbocycles. The maximum Gasteiger partial charge on any atom is 0.259 e. The molecule has 0 spiro atoms. The number of pyridine rings is 2. The molecule has 0 saturated carbocycles. The fourth-order valence-corrected chi connectivity index (χ4v) is 4.37. The molecule has 2 aromatic heterocycles. The highest BCUT2D eigenvalue weighted by molar-refractivity contribution is 5.91. The van der Waals surface area contributed by atoms with Crippen molar-refractivity contribution in [2.45, 2.75) is 25.8 Å². The van der Waals surface area contributed by atoms with Crippen molar-refractivity contribution in [3.63, 3.8) is 0 Å². The van der Waals surface area contributed by atoms with Crippen molar-refractivity contribution in [3.8, 4) is 22.3 Å². The third-order valence-corrected chi connectivity index (χ3v) is 5.91. The molecule has 4 aromatic rings. The van der Waals surface area contributed by atoms with E-state index in [-0.39, 0.29) is 11.6 Å². The van der Waals surface area contributed by atoms with Crippen LogP contribution in [0.25, 0.3) is 33.0 Å². The number of hydrogen-bond acceptors (Lipinski definition) is 4. The number of nitrogens with zero attached hydrogens (tertiary/aromatic N) is 2. The minimum absolute atomic E-state index is 0.0401. The van der Waals surface area contributed by atoms with Crippen molar-refractivity contribution >= 4 is 10.8 Å². The Kier molecular flexibility index (Phi) is 6.78. The van der Waals surface area contributed by atoms with E-state index in [9.17, 15) is 4.79 Å². The Morgan fingerprint density at radius 3 is 2.44 bits per heavy atom. The van der Waals surface area contributed by atoms with E-state index in [0.717, 1.165) is 59.3 Å². The average molecular weight is 427 g/mol. The summed E-state index contributed by atoms with van der Waals surface area (Å²) in [7, 11) is 1.89. The zero-order valence-corrected chi connectivity index (χ0v) is 18.7. The predicted octanol–water partition coefficient (Wildman–Crippen LogP) is 4.66. The van der Waals surface area contributed by atoms with Gasteiger partial charge < -0.3 is 15.6 Å². The monoisotopic (exact) mass is 426 g/mol. The molecule has 0 bridgehead atoms. The number of fused-ring (bicyclic) bond motifs is 1. The number of nitrogens with one attached hydrogen (secondary N) is 1. The van der Waals surface area contributed by atoms with Crippen LogP contribution in [0.3, 0.4) is 0 Å². The van der Waals surface area contributed by atoms with Gasteiger partial charge in [0.2, 0.25) is 0 Å². The number of benzene rings is 2. The Bertz CT molecular complexity index is 1260. The summed E-state index contributed by atoms with van der Waals surface area (Å²) in [6, 6.07) is 20.9. The Morgan fingerprint density at radius 1 is 1.03 bits per heavy atom. The van der Waals surface area contributed by atoms with E-state index in [4.69, 9.17) is 5.73 Å². The van der Waals surface area contributed by atoms with Gasteiger partial charge in [0.15, 0.2) is 0 Å². The Labute approximate surface area is 188 Å². The third-order valence-electron chi connectivity index (χ3n) is 5.91. The summed E-state index contributed by atoms with van der Waals surface area (Å²) in [5.74, 6) is 0. The summed E-state index contributed by atoms with van der Waals surface area (Å²) in [6.07, 6.45) is 5.75. The van der Waals surface area contributed by atoms with Gasteiger partial charge in [-0.3, -0.25) is 9.78 Å². The molecule has 164 valence electrons. The smallest absolute Gasteiger partial charge is 0.259 e. The molecular formula is C27H30N4O. The van der Waals surface area contributed by atoms with Gasteiger partial charge in [0.1, 0.15) is 0 Å². The van der Waals surface area contributed by atoms with Gasteiger partial charge in [0, 0.05) is 31.2 Å². The van der Waals surface area contributed by atoms with Crippen LogP contribution < -0.4 is 16.6 Å². The standard InChI is InChI=1S/C25H23N3O.C2H7N/c1-28-23(22-7-4-12-27-22)16-21(18-10-13-26-14-11-18)24(25(28)29)20-9-8-17-5-2-3-6-19(17)15-20;1-2-3/h2-3,5-6,8-11,13-16,22,27H,4,7,12H2,1H3;2-3H2,1H3. The molecule has 1 saturated heterocycles. The Hall–Kier alpha value is -3.28. The summed E-state index contributed by atoms with van der Waals surface area (Å²) < 4.78 is 1.82. The van der Waals surface area contributed by atoms with Crippen LogP contribution in [0.4, 0.5) is 0 Å². The molecule has 3 N–H and O–H groups in total. The van der Waals surface area contributed by atoms with Crippen molar-refractivity contribution in [2.24, 2.45) is 12.8 Å². The molecule has 0 radical (unpaired) electrons. The molecule has 1 atom stereocenters. The third kappa shape index (κ3) is 4.35. The zero-order valence-electron chi connectivity index (χ0n) is 18.7. The Balaban J connectivity index is 0.000000775. The molecule has 5 nitrogen and oxygen atoms in total. The quantitative estimate of drug-likeness (QED) is 0.500. The first kappa shape index (κ1) is 21.9. The molecule has 5 heteroatoms. The SMILES string of the molecule is CCN.Cn1c(C2CCCN2)cc(-c2ccncc2)c(-c2ccc3ccccc3c2)c1=O. The molecule has 5 rings (SSSR count). The Morgan fingerprint density at radius 2 is 1.75 bits per heavy atom. The number of nitrogens with two attached hydrogens (primary N) is 1. The largest absolute Gasteiger partial charge is 0.331 e. The van der Waals surface area contributed by atoms with Gasteiger partial charge in [-0.05, 0) is 77.7 Å². The van der Waals surface area contributed by atoms with Gasteiger partial charge in [0.25, 0.3) is 5.56 Å². The first-order valence-electron chi connectivity index (χ1n) is 11.2. The van der Waals surface area contributed by atoms with E-state index in [1.165, 1.54) is 5.39 Å². The second-order valence-electron chi connectivity index (χ2n) is 8.08. The molecule has 3 heterocycles. The highest BCUT2D eigenvalue weighted by Crippen LogP contribution is 2.34. The van der Waals surface area contributed by atoms with E-state index in [0.29, 0.717) is 0 Å². The predicted molar refractivity (Wildman–Crippen MR) is 133 cm³/mol. The van der Waals surface area contributed by atoms with E-state index < -0.39 is 0 Å². The fourth-order valence-electron chi connectivity index (χ4n) is 4.37. The van der Waals surface area contributed by atoms with Gasteiger partial charge in [-0.1, -0.05) is 43.3 Å². The highest BCUT2D eigenvalue weighted by Gasteiger charge is 2.23. The number of aromatic nitrogens is 2. The normalized spacial score (nSPS) is 15.4. The topological polar surface area (TPSA) is 72.9 Å². The van der Waals surface area contributed by atoms with E-state index >= 15 is 0 Å². The lowest BCUT2D eigenvalue weighted by Crippen LogP contribution is -2.27. The first-order chi connectivity index (χ1) is 15.6. The molecule has 1 unspecified atom stereocenters. The van der Waals surface area contributed by atoms with Crippen LogP contribution in [0.15, 0.2) is 77.9 Å². The summed E-state index contributed by atoms with van der Waals surface area (Å²) in [4.78, 5) is 17.8. The summed E-state index contributed by atoms with van der Waals surface area (Å²) >= 11 is 0. The van der Waals surface area contributed by atoms with Crippen LogP contribution in [0.1, 0.15) is 31.5 Å². The van der Waals surface area contributed by atoms with Gasteiger partial charge >= 0.3 is 0 Å². The maximum atomic E-state index is 13.6. The minimum atomic E-state index is 0.0401. The van der Waals surface area contributed by atoms with Crippen LogP contribution in [0.5, 0.6) is 0 Å². The van der Waals surface area contributed by atoms with Gasteiger partial charge in [-0.25, -0.2) is 0 Å². The van der Waals surface area contributed by atoms with Crippen LogP contribution in [-0.4, -0.2) is 22.6 Å². The average Bonchev–Trinajstić information content (AvgIpc) is 3.36. The van der Waals surface area contributed by atoms with Crippen molar-refractivity contribution in [3.05, 3.63) is 89.1 Å². The number of rotatable bonds is 3. The summed E-state index contributed by atoms with van der Waals surface area (Å²) in [5.41, 5.74) is 9.60. The molecule has 1 fully saturated rings. The maximum absolute atomic E-state index is 13.6. The lowest BCUT2D eigenvalue weighted by atomic mass is 9.93. The van der Waals surface area contributed by atoms with Crippen LogP contribution in [0.2, 0.25) is 0 Å². The van der Waals surface area contributed by atoms with Crippen LogP contribution in [-0.2, 0) is 7.05 Å². The molecule has 0 amide bonds. The molecule has 0 aliphatic carbocycles. The van der Waals surface area contributed by atoms with Crippen LogP contribution in [0, 0.1) is 0 Å². The van der Waals surface area contributed by atoms with Crippen molar-refractivity contribution < 1.29 is 0 Å². The van der Waals surface area contributed by atoms with Crippen molar-refractivity contribution in [1.29, 1.82) is 0 Å². The highest BCUT2D eigenvalue weighted by atomic mass is 16.1. The van der Waals surface area contributed by atoms with Gasteiger partial charge in [-0.15, -0.1) is 0 Å². The second kappa shape index (κ2) is 9.90. The molecule has 1 aliphatic rings. The van der Waals surface area contributed by atoms with E-state index in [2.05, 4.69) is 46.7 Å². The fraction of sp³-hybridized carbons (Fsp3) is 0.259. The van der Waals surface area contributed by atoms with E-state index in [1.54, 1.807) is 12.4 Å². The second-order valence-corrected chi connectivity index (χ2v) is 8.08. The molecular weight excluding hydrogens is 396 g/mol. The van der Waals surface area contributed by atoms with E-state index in [1.807, 2.05) is 42.8 Å². The minimum Gasteiger partial charge on any atom is -0.331 e. The lowest BCUT2D eigenvalue weighted by Gasteiger charge is -2.20. The summed E-state index contributed by atoms with van der Waals surface area (Å²) in [6.45, 7) is 3.65. The van der Waals surface area contributed by atoms with Crippen molar-refractivity contribution in [2.75, 3.05) is 13.1 Å². The zero-order chi connectivity index (χ0) is 22.5. The first-order valence-corrected chi connectivity index (χ1v) is 11.2. The lowest BCUT2D eigenvalue weighted by molar-refractivity contribution is 0.587. The van der Waals surface area contributed by atoms with Crippen LogP contribution >= 0.6 is 0 Å².